The lowest BCUT2D eigenvalue weighted by Gasteiger charge is -2.08. The zero-order chi connectivity index (χ0) is 23.9. The molecule has 0 spiro atoms. The van der Waals surface area contributed by atoms with Gasteiger partial charge in [-0.15, -0.1) is 0 Å². The van der Waals surface area contributed by atoms with Crippen LogP contribution in [0.15, 0.2) is 59.5 Å². The van der Waals surface area contributed by atoms with Crippen LogP contribution in [0.2, 0.25) is 0 Å². The molecule has 0 saturated heterocycles. The first-order valence-corrected chi connectivity index (χ1v) is 10.4. The molecule has 0 fully saturated rings. The number of carbonyl (C=O) groups is 3. The Balaban J connectivity index is 2.06. The minimum Gasteiger partial charge on any atom is -0.481 e. The summed E-state index contributed by atoms with van der Waals surface area (Å²) < 4.78 is 63.3. The highest BCUT2D eigenvalue weighted by atomic mass is 32.2. The number of allylic oxidation sites excluding steroid dienone is 1. The van der Waals surface area contributed by atoms with E-state index in [2.05, 4.69) is 4.72 Å². The number of rotatable bonds is 9. The SMILES string of the molecule is O=C(O)CCNS(=O)(=O)c1ccc(C(=O)/C=C/c2cccc(NC(=O)C(F)(F)F)c2)cc1. The molecule has 0 radical (unpaired) electrons. The summed E-state index contributed by atoms with van der Waals surface area (Å²) in [5.41, 5.74) is 0.388. The van der Waals surface area contributed by atoms with Gasteiger partial charge in [-0.3, -0.25) is 14.4 Å². The monoisotopic (exact) mass is 470 g/mol. The Hall–Kier alpha value is -3.51. The number of hydrogen-bond acceptors (Lipinski definition) is 5. The fraction of sp³-hybridized carbons (Fsp3) is 0.150. The molecule has 0 bridgehead atoms. The van der Waals surface area contributed by atoms with Gasteiger partial charge in [0.2, 0.25) is 10.0 Å². The molecule has 2 aromatic carbocycles. The highest BCUT2D eigenvalue weighted by molar-refractivity contribution is 7.89. The summed E-state index contributed by atoms with van der Waals surface area (Å²) in [5.74, 6) is -3.78. The van der Waals surface area contributed by atoms with Crippen molar-refractivity contribution in [2.75, 3.05) is 11.9 Å². The lowest BCUT2D eigenvalue weighted by Crippen LogP contribution is -2.29. The number of benzene rings is 2. The molecule has 3 N–H and O–H groups in total. The Kier molecular flexibility index (Phi) is 7.89. The molecule has 0 saturated carbocycles. The van der Waals surface area contributed by atoms with Crippen LogP contribution in [0.5, 0.6) is 0 Å². The summed E-state index contributed by atoms with van der Waals surface area (Å²) in [4.78, 5) is 33.6. The standard InChI is InChI=1S/C20H17F3N2O6S/c21-20(22,23)19(29)25-15-3-1-2-13(12-15)4-9-17(26)14-5-7-16(8-6-14)32(30,31)24-11-10-18(27)28/h1-9,12,24H,10-11H2,(H,25,29)(H,27,28)/b9-4+. The smallest absolute Gasteiger partial charge is 0.471 e. The lowest BCUT2D eigenvalue weighted by molar-refractivity contribution is -0.167. The van der Waals surface area contributed by atoms with Crippen LogP contribution in [0, 0.1) is 0 Å². The Morgan fingerprint density at radius 3 is 2.28 bits per heavy atom. The van der Waals surface area contributed by atoms with Crippen LogP contribution >= 0.6 is 0 Å². The number of aliphatic carboxylic acids is 1. The zero-order valence-corrected chi connectivity index (χ0v) is 17.0. The molecule has 32 heavy (non-hydrogen) atoms. The van der Waals surface area contributed by atoms with E-state index in [9.17, 15) is 36.0 Å². The first-order valence-electron chi connectivity index (χ1n) is 8.91. The van der Waals surface area contributed by atoms with Crippen LogP contribution in [0.4, 0.5) is 18.9 Å². The lowest BCUT2D eigenvalue weighted by atomic mass is 10.1. The van der Waals surface area contributed by atoms with Crippen molar-refractivity contribution in [3.05, 3.63) is 65.7 Å². The number of alkyl halides is 3. The number of hydrogen-bond donors (Lipinski definition) is 3. The van der Waals surface area contributed by atoms with Crippen molar-refractivity contribution in [2.24, 2.45) is 0 Å². The van der Waals surface area contributed by atoms with Crippen LogP contribution in [-0.4, -0.2) is 43.9 Å². The number of sulfonamides is 1. The summed E-state index contributed by atoms with van der Waals surface area (Å²) in [6.07, 6.45) is -2.96. The summed E-state index contributed by atoms with van der Waals surface area (Å²) >= 11 is 0. The minimum atomic E-state index is -5.03. The number of amides is 1. The van der Waals surface area contributed by atoms with Gasteiger partial charge in [-0.2, -0.15) is 13.2 Å². The molecule has 0 aliphatic carbocycles. The van der Waals surface area contributed by atoms with E-state index in [1.165, 1.54) is 54.6 Å². The third-order valence-corrected chi connectivity index (χ3v) is 5.39. The molecule has 2 rings (SSSR count). The highest BCUT2D eigenvalue weighted by Gasteiger charge is 2.38. The average Bonchev–Trinajstić information content (AvgIpc) is 2.71. The van der Waals surface area contributed by atoms with Crippen LogP contribution < -0.4 is 10.0 Å². The normalized spacial score (nSPS) is 12.0. The van der Waals surface area contributed by atoms with Gasteiger partial charge in [-0.05, 0) is 48.0 Å². The maximum atomic E-state index is 12.3. The summed E-state index contributed by atoms with van der Waals surface area (Å²) in [6.45, 7) is -0.288. The summed E-state index contributed by atoms with van der Waals surface area (Å²) in [7, 11) is -3.94. The van der Waals surface area contributed by atoms with Gasteiger partial charge in [0.05, 0.1) is 11.3 Å². The molecule has 0 aliphatic rings. The molecule has 0 aromatic heterocycles. The van der Waals surface area contributed by atoms with Crippen LogP contribution in [-0.2, 0) is 19.6 Å². The number of halogens is 3. The Morgan fingerprint density at radius 2 is 1.69 bits per heavy atom. The predicted molar refractivity (Wildman–Crippen MR) is 108 cm³/mol. The van der Waals surface area contributed by atoms with Crippen molar-refractivity contribution in [3.8, 4) is 0 Å². The molecule has 0 aliphatic heterocycles. The van der Waals surface area contributed by atoms with Crippen molar-refractivity contribution < 1.29 is 41.1 Å². The second kappa shape index (κ2) is 10.2. The highest BCUT2D eigenvalue weighted by Crippen LogP contribution is 2.19. The molecule has 1 amide bonds. The first-order chi connectivity index (χ1) is 14.9. The maximum Gasteiger partial charge on any atom is 0.471 e. The zero-order valence-electron chi connectivity index (χ0n) is 16.2. The molecular formula is C20H17F3N2O6S. The molecule has 2 aromatic rings. The van der Waals surface area contributed by atoms with Gasteiger partial charge in [0, 0.05) is 17.8 Å². The van der Waals surface area contributed by atoms with E-state index in [0.717, 1.165) is 6.08 Å². The average molecular weight is 470 g/mol. The van der Waals surface area contributed by atoms with E-state index in [0.29, 0.717) is 5.56 Å². The quantitative estimate of drug-likeness (QED) is 0.382. The molecule has 0 unspecified atom stereocenters. The second-order valence-electron chi connectivity index (χ2n) is 6.34. The van der Waals surface area contributed by atoms with Crippen molar-refractivity contribution in [1.29, 1.82) is 0 Å². The second-order valence-corrected chi connectivity index (χ2v) is 8.11. The van der Waals surface area contributed by atoms with E-state index >= 15 is 0 Å². The van der Waals surface area contributed by atoms with Crippen molar-refractivity contribution in [1.82, 2.24) is 4.72 Å². The number of anilines is 1. The van der Waals surface area contributed by atoms with E-state index in [4.69, 9.17) is 5.11 Å². The molecular weight excluding hydrogens is 453 g/mol. The Bertz CT molecular complexity index is 1140. The number of carbonyl (C=O) groups excluding carboxylic acids is 2. The van der Waals surface area contributed by atoms with Gasteiger partial charge in [0.25, 0.3) is 0 Å². The van der Waals surface area contributed by atoms with E-state index < -0.39 is 33.9 Å². The van der Waals surface area contributed by atoms with Gasteiger partial charge in [0.15, 0.2) is 5.78 Å². The number of nitrogens with one attached hydrogen (secondary N) is 2. The van der Waals surface area contributed by atoms with Crippen LogP contribution in [0.25, 0.3) is 6.08 Å². The number of carboxylic acid groups (broad SMARTS) is 1. The molecule has 12 heteroatoms. The maximum absolute atomic E-state index is 12.3. The molecule has 0 atom stereocenters. The summed E-state index contributed by atoms with van der Waals surface area (Å²) in [6, 6.07) is 10.3. The Labute approximate surface area is 180 Å². The Morgan fingerprint density at radius 1 is 1.03 bits per heavy atom. The van der Waals surface area contributed by atoms with E-state index in [1.807, 2.05) is 0 Å². The van der Waals surface area contributed by atoms with E-state index in [-0.39, 0.29) is 29.1 Å². The van der Waals surface area contributed by atoms with Gasteiger partial charge < -0.3 is 10.4 Å². The van der Waals surface area contributed by atoms with Gasteiger partial charge in [0.1, 0.15) is 0 Å². The predicted octanol–water partition coefficient (Wildman–Crippen LogP) is 2.84. The van der Waals surface area contributed by atoms with Gasteiger partial charge >= 0.3 is 18.1 Å². The fourth-order valence-electron chi connectivity index (χ4n) is 2.36. The van der Waals surface area contributed by atoms with Crippen molar-refractivity contribution >= 4 is 39.4 Å². The molecule has 170 valence electrons. The topological polar surface area (TPSA) is 130 Å². The van der Waals surface area contributed by atoms with Gasteiger partial charge in [-0.1, -0.05) is 18.2 Å². The largest absolute Gasteiger partial charge is 0.481 e. The van der Waals surface area contributed by atoms with E-state index in [1.54, 1.807) is 5.32 Å². The molecule has 8 nitrogen and oxygen atoms in total. The fourth-order valence-corrected chi connectivity index (χ4v) is 3.40. The third kappa shape index (κ3) is 7.32. The number of carboxylic acids is 1. The summed E-state index contributed by atoms with van der Waals surface area (Å²) in [5, 5.41) is 10.3. The number of ketones is 1. The minimum absolute atomic E-state index is 0.105. The first kappa shape index (κ1) is 24.8. The van der Waals surface area contributed by atoms with Crippen molar-refractivity contribution in [3.63, 3.8) is 0 Å². The van der Waals surface area contributed by atoms with Crippen LogP contribution in [0.1, 0.15) is 22.3 Å². The van der Waals surface area contributed by atoms with Crippen LogP contribution in [0.3, 0.4) is 0 Å². The van der Waals surface area contributed by atoms with Gasteiger partial charge in [-0.25, -0.2) is 13.1 Å². The molecule has 0 heterocycles. The van der Waals surface area contributed by atoms with Crippen molar-refractivity contribution in [2.45, 2.75) is 17.5 Å². The third-order valence-electron chi connectivity index (χ3n) is 3.91.